The Kier molecular flexibility index (Phi) is 6.32. The summed E-state index contributed by atoms with van der Waals surface area (Å²) >= 11 is 2.53. The molecular formula is C22H16N5O2S3-. The maximum Gasteiger partial charge on any atom is 0.202 e. The number of aromatic nitrogens is 2. The number of nitrogens with one attached hydrogen (secondary N) is 1. The molecule has 0 spiro atoms. The average Bonchev–Trinajstić information content (AvgIpc) is 3.47. The number of thiazole rings is 2. The van der Waals surface area contributed by atoms with Crippen LogP contribution in [0.2, 0.25) is 0 Å². The van der Waals surface area contributed by atoms with E-state index in [4.69, 9.17) is 0 Å². The summed E-state index contributed by atoms with van der Waals surface area (Å²) in [5.74, 6) is 0. The molecule has 0 atom stereocenters. The van der Waals surface area contributed by atoms with Crippen molar-refractivity contribution in [2.45, 2.75) is 11.8 Å². The first-order valence-electron chi connectivity index (χ1n) is 9.32. The number of rotatable bonds is 7. The first-order valence-corrected chi connectivity index (χ1v) is 12.5. The number of hydrogen-bond acceptors (Lipinski definition) is 8. The normalized spacial score (nSPS) is 11.7. The van der Waals surface area contributed by atoms with E-state index in [0.717, 1.165) is 22.6 Å². The van der Waals surface area contributed by atoms with Gasteiger partial charge in [0.1, 0.15) is 16.6 Å². The van der Waals surface area contributed by atoms with Gasteiger partial charge in [0.2, 0.25) is 10.0 Å². The third-order valence-electron chi connectivity index (χ3n) is 4.36. The molecule has 7 nitrogen and oxygen atoms in total. The number of nitriles is 1. The van der Waals surface area contributed by atoms with Crippen LogP contribution in [0.25, 0.3) is 21.6 Å². The number of aryl methyl sites for hydroxylation is 1. The van der Waals surface area contributed by atoms with Crippen LogP contribution in [0.15, 0.2) is 76.6 Å². The van der Waals surface area contributed by atoms with Crippen molar-refractivity contribution >= 4 is 49.1 Å². The Labute approximate surface area is 193 Å². The Morgan fingerprint density at radius 3 is 2.53 bits per heavy atom. The molecule has 0 radical (unpaired) electrons. The number of nitrogens with zero attached hydrogens (tertiary/aromatic N) is 4. The van der Waals surface area contributed by atoms with Crippen LogP contribution in [0.3, 0.4) is 0 Å². The van der Waals surface area contributed by atoms with Gasteiger partial charge in [-0.2, -0.15) is 16.6 Å². The van der Waals surface area contributed by atoms with E-state index in [0.29, 0.717) is 16.3 Å². The number of hydrogen-bond donors (Lipinski definition) is 1. The van der Waals surface area contributed by atoms with E-state index in [9.17, 15) is 13.7 Å². The van der Waals surface area contributed by atoms with E-state index in [1.165, 1.54) is 35.2 Å². The average molecular weight is 479 g/mol. The summed E-state index contributed by atoms with van der Waals surface area (Å²) in [6, 6.07) is 16.3. The molecule has 0 aliphatic carbocycles. The SMILES string of the molecule is Cc1ccc(-c2csc(/C(C#N)=C\Nc3ccc(S(=O)(=O)[N-]c4nccs4)cc3)n2)cc1. The Hall–Kier alpha value is -3.52. The van der Waals surface area contributed by atoms with E-state index in [1.54, 1.807) is 23.7 Å². The van der Waals surface area contributed by atoms with Gasteiger partial charge in [-0.25, -0.2) is 13.4 Å². The van der Waals surface area contributed by atoms with Crippen LogP contribution in [0.4, 0.5) is 10.8 Å². The van der Waals surface area contributed by atoms with Gasteiger partial charge < -0.3 is 15.0 Å². The molecule has 4 aromatic rings. The molecule has 160 valence electrons. The third kappa shape index (κ3) is 5.03. The van der Waals surface area contributed by atoms with Crippen LogP contribution in [0, 0.1) is 18.3 Å². The lowest BCUT2D eigenvalue weighted by molar-refractivity contribution is 0.603. The minimum Gasteiger partial charge on any atom is -0.433 e. The number of benzene rings is 2. The van der Waals surface area contributed by atoms with E-state index in [-0.39, 0.29) is 10.0 Å². The highest BCUT2D eigenvalue weighted by Crippen LogP contribution is 2.30. The molecule has 0 saturated carbocycles. The lowest BCUT2D eigenvalue weighted by atomic mass is 10.1. The quantitative estimate of drug-likeness (QED) is 0.329. The minimum atomic E-state index is -3.84. The van der Waals surface area contributed by atoms with Crippen molar-refractivity contribution in [3.63, 3.8) is 0 Å². The van der Waals surface area contributed by atoms with Crippen molar-refractivity contribution in [1.29, 1.82) is 5.26 Å². The largest absolute Gasteiger partial charge is 0.433 e. The Bertz CT molecular complexity index is 1380. The second-order valence-electron chi connectivity index (χ2n) is 6.62. The van der Waals surface area contributed by atoms with Gasteiger partial charge in [0.15, 0.2) is 0 Å². The zero-order valence-corrected chi connectivity index (χ0v) is 19.2. The van der Waals surface area contributed by atoms with Crippen molar-refractivity contribution in [1.82, 2.24) is 9.97 Å². The summed E-state index contributed by atoms with van der Waals surface area (Å²) in [6.45, 7) is 2.02. The highest BCUT2D eigenvalue weighted by atomic mass is 32.2. The molecule has 0 unspecified atom stereocenters. The smallest absolute Gasteiger partial charge is 0.202 e. The molecule has 0 aliphatic heterocycles. The van der Waals surface area contributed by atoms with Gasteiger partial charge in [0.25, 0.3) is 0 Å². The second kappa shape index (κ2) is 9.32. The fourth-order valence-corrected chi connectivity index (χ4v) is 5.16. The Morgan fingerprint density at radius 2 is 1.88 bits per heavy atom. The third-order valence-corrected chi connectivity index (χ3v) is 7.29. The van der Waals surface area contributed by atoms with E-state index < -0.39 is 10.0 Å². The molecule has 0 aliphatic rings. The fourth-order valence-electron chi connectivity index (χ4n) is 2.69. The van der Waals surface area contributed by atoms with Crippen molar-refractivity contribution in [2.75, 3.05) is 5.32 Å². The second-order valence-corrected chi connectivity index (χ2v) is 9.96. The summed E-state index contributed by atoms with van der Waals surface area (Å²) in [4.78, 5) is 8.50. The van der Waals surface area contributed by atoms with E-state index in [1.807, 2.05) is 36.6 Å². The van der Waals surface area contributed by atoms with Crippen LogP contribution >= 0.6 is 22.7 Å². The summed E-state index contributed by atoms with van der Waals surface area (Å²) in [7, 11) is -3.84. The summed E-state index contributed by atoms with van der Waals surface area (Å²) in [6.07, 6.45) is 3.05. The summed E-state index contributed by atoms with van der Waals surface area (Å²) < 4.78 is 28.4. The van der Waals surface area contributed by atoms with Crippen molar-refractivity contribution in [3.8, 4) is 17.3 Å². The number of sulfonamides is 1. The highest BCUT2D eigenvalue weighted by Gasteiger charge is 2.11. The Balaban J connectivity index is 1.47. The first kappa shape index (κ1) is 21.7. The molecule has 0 bridgehead atoms. The van der Waals surface area contributed by atoms with Gasteiger partial charge in [-0.1, -0.05) is 36.0 Å². The molecular weight excluding hydrogens is 462 g/mol. The maximum absolute atomic E-state index is 12.4. The fraction of sp³-hybridized carbons (Fsp3) is 0.0455. The lowest BCUT2D eigenvalue weighted by Gasteiger charge is -2.12. The van der Waals surface area contributed by atoms with Crippen molar-refractivity contribution < 1.29 is 8.42 Å². The monoisotopic (exact) mass is 478 g/mol. The standard InChI is InChI=1S/C22H16N5O2S3/c1-15-2-4-16(5-3-15)20-14-31-21(26-20)17(12-23)13-25-18-6-8-19(9-7-18)32(28,29)27-22-24-10-11-30-22/h2-11,13-14,25H,1H3/q-1/b17-13-. The first-order chi connectivity index (χ1) is 15.4. The van der Waals surface area contributed by atoms with Crippen LogP contribution in [-0.2, 0) is 10.0 Å². The Morgan fingerprint density at radius 1 is 1.12 bits per heavy atom. The minimum absolute atomic E-state index is 0.0606. The topological polar surface area (TPSA) is 110 Å². The van der Waals surface area contributed by atoms with E-state index >= 15 is 0 Å². The van der Waals surface area contributed by atoms with Gasteiger partial charge in [0, 0.05) is 28.0 Å². The molecule has 32 heavy (non-hydrogen) atoms. The predicted octanol–water partition coefficient (Wildman–Crippen LogP) is 5.95. The zero-order chi connectivity index (χ0) is 22.6. The van der Waals surface area contributed by atoms with Crippen molar-refractivity contribution in [2.24, 2.45) is 0 Å². The van der Waals surface area contributed by atoms with Gasteiger partial charge in [0.05, 0.1) is 10.6 Å². The lowest BCUT2D eigenvalue weighted by Crippen LogP contribution is -1.98. The van der Waals surface area contributed by atoms with E-state index in [2.05, 4.69) is 26.1 Å². The predicted molar refractivity (Wildman–Crippen MR) is 128 cm³/mol. The van der Waals surface area contributed by atoms with Gasteiger partial charge >= 0.3 is 0 Å². The molecule has 4 rings (SSSR count). The molecule has 0 fully saturated rings. The highest BCUT2D eigenvalue weighted by molar-refractivity contribution is 7.94. The molecule has 0 amide bonds. The van der Waals surface area contributed by atoms with Gasteiger partial charge in [-0.3, -0.25) is 0 Å². The van der Waals surface area contributed by atoms with Crippen LogP contribution in [0.5, 0.6) is 0 Å². The number of allylic oxidation sites excluding steroid dienone is 1. The molecule has 2 aromatic heterocycles. The molecule has 1 N–H and O–H groups in total. The van der Waals surface area contributed by atoms with Crippen LogP contribution in [-0.4, -0.2) is 18.4 Å². The molecule has 10 heteroatoms. The molecule has 2 aromatic carbocycles. The summed E-state index contributed by atoms with van der Waals surface area (Å²) in [5.41, 5.74) is 3.97. The maximum atomic E-state index is 12.4. The van der Waals surface area contributed by atoms with Gasteiger partial charge in [-0.05, 0) is 36.6 Å². The number of anilines is 1. The molecule has 0 saturated heterocycles. The zero-order valence-electron chi connectivity index (χ0n) is 16.8. The van der Waals surface area contributed by atoms with Crippen molar-refractivity contribution in [3.05, 3.63) is 87.0 Å². The molecule has 2 heterocycles. The van der Waals surface area contributed by atoms with Crippen LogP contribution < -0.4 is 5.32 Å². The van der Waals surface area contributed by atoms with Gasteiger partial charge in [-0.15, -0.1) is 11.3 Å². The summed E-state index contributed by atoms with van der Waals surface area (Å²) in [5, 5.41) is 16.9. The van der Waals surface area contributed by atoms with Crippen LogP contribution in [0.1, 0.15) is 10.6 Å².